The Morgan fingerprint density at radius 2 is 1.86 bits per heavy atom. The standard InChI is InChI=1S/C23H26N2O3/c1-16(2)28-20-11-9-19(10-12-20)25-15-18(14-22(25)26)23(27)24-13-5-7-17-6-3-4-8-21(17)24/h3-4,6,8-12,16,18H,5,7,13-15H2,1-2H3. The highest BCUT2D eigenvalue weighted by atomic mass is 16.5. The van der Waals surface area contributed by atoms with E-state index in [1.807, 2.05) is 61.2 Å². The molecule has 5 nitrogen and oxygen atoms in total. The van der Waals surface area contributed by atoms with Gasteiger partial charge in [0.25, 0.3) is 0 Å². The normalized spacial score (nSPS) is 19.1. The van der Waals surface area contributed by atoms with E-state index < -0.39 is 0 Å². The average molecular weight is 378 g/mol. The van der Waals surface area contributed by atoms with Crippen LogP contribution in [-0.4, -0.2) is 31.0 Å². The third-order valence-electron chi connectivity index (χ3n) is 5.37. The van der Waals surface area contributed by atoms with Gasteiger partial charge in [0, 0.05) is 30.9 Å². The Morgan fingerprint density at radius 1 is 1.11 bits per heavy atom. The van der Waals surface area contributed by atoms with E-state index in [2.05, 4.69) is 6.07 Å². The molecule has 0 bridgehead atoms. The predicted octanol–water partition coefficient (Wildman–Crippen LogP) is 3.81. The summed E-state index contributed by atoms with van der Waals surface area (Å²) in [7, 11) is 0. The predicted molar refractivity (Wildman–Crippen MR) is 110 cm³/mol. The van der Waals surface area contributed by atoms with Gasteiger partial charge in [-0.05, 0) is 62.6 Å². The molecule has 1 saturated heterocycles. The van der Waals surface area contributed by atoms with Gasteiger partial charge in [-0.2, -0.15) is 0 Å². The van der Waals surface area contributed by atoms with E-state index in [4.69, 9.17) is 4.74 Å². The van der Waals surface area contributed by atoms with Crippen molar-refractivity contribution < 1.29 is 14.3 Å². The van der Waals surface area contributed by atoms with Crippen LogP contribution in [-0.2, 0) is 16.0 Å². The molecule has 5 heteroatoms. The maximum Gasteiger partial charge on any atom is 0.232 e. The molecule has 1 atom stereocenters. The van der Waals surface area contributed by atoms with Crippen molar-refractivity contribution in [3.63, 3.8) is 0 Å². The Labute approximate surface area is 165 Å². The molecule has 0 spiro atoms. The third-order valence-corrected chi connectivity index (χ3v) is 5.37. The van der Waals surface area contributed by atoms with E-state index >= 15 is 0 Å². The van der Waals surface area contributed by atoms with Gasteiger partial charge in [0.15, 0.2) is 0 Å². The Morgan fingerprint density at radius 3 is 2.61 bits per heavy atom. The van der Waals surface area contributed by atoms with Crippen LogP contribution in [0.25, 0.3) is 0 Å². The van der Waals surface area contributed by atoms with Crippen molar-refractivity contribution in [2.24, 2.45) is 5.92 Å². The lowest BCUT2D eigenvalue weighted by Gasteiger charge is -2.31. The van der Waals surface area contributed by atoms with Gasteiger partial charge in [-0.25, -0.2) is 0 Å². The van der Waals surface area contributed by atoms with Crippen molar-refractivity contribution in [2.45, 2.75) is 39.2 Å². The van der Waals surface area contributed by atoms with Crippen LogP contribution in [0.2, 0.25) is 0 Å². The number of nitrogens with zero attached hydrogens (tertiary/aromatic N) is 2. The van der Waals surface area contributed by atoms with Gasteiger partial charge in [0.05, 0.1) is 12.0 Å². The van der Waals surface area contributed by atoms with E-state index in [1.54, 1.807) is 4.90 Å². The number of carbonyl (C=O) groups excluding carboxylic acids is 2. The molecule has 2 aliphatic rings. The van der Waals surface area contributed by atoms with Gasteiger partial charge in [-0.1, -0.05) is 18.2 Å². The maximum absolute atomic E-state index is 13.2. The van der Waals surface area contributed by atoms with Gasteiger partial charge >= 0.3 is 0 Å². The molecule has 2 amide bonds. The van der Waals surface area contributed by atoms with Gasteiger partial charge in [0.2, 0.25) is 11.8 Å². The first kappa shape index (κ1) is 18.5. The van der Waals surface area contributed by atoms with Crippen LogP contribution in [0.4, 0.5) is 11.4 Å². The number of hydrogen-bond donors (Lipinski definition) is 0. The number of ether oxygens (including phenoxy) is 1. The largest absolute Gasteiger partial charge is 0.491 e. The number of anilines is 2. The Balaban J connectivity index is 1.48. The molecule has 0 aromatic heterocycles. The fourth-order valence-electron chi connectivity index (χ4n) is 4.08. The summed E-state index contributed by atoms with van der Waals surface area (Å²) in [5.41, 5.74) is 3.03. The molecule has 1 fully saturated rings. The summed E-state index contributed by atoms with van der Waals surface area (Å²) in [6.45, 7) is 5.11. The van der Waals surface area contributed by atoms with Crippen molar-refractivity contribution in [3.05, 3.63) is 54.1 Å². The lowest BCUT2D eigenvalue weighted by Crippen LogP contribution is -2.40. The first-order chi connectivity index (χ1) is 13.5. The minimum atomic E-state index is -0.301. The second-order valence-electron chi connectivity index (χ2n) is 7.79. The van der Waals surface area contributed by atoms with Crippen molar-refractivity contribution >= 4 is 23.2 Å². The van der Waals surface area contributed by atoms with Gasteiger partial charge in [-0.15, -0.1) is 0 Å². The molecule has 2 aromatic carbocycles. The van der Waals surface area contributed by atoms with Gasteiger partial charge < -0.3 is 14.5 Å². The van der Waals surface area contributed by atoms with Crippen LogP contribution in [0.5, 0.6) is 5.75 Å². The zero-order chi connectivity index (χ0) is 19.7. The molecule has 0 N–H and O–H groups in total. The molecule has 0 aliphatic carbocycles. The van der Waals surface area contributed by atoms with Crippen LogP contribution in [0.3, 0.4) is 0 Å². The second kappa shape index (κ2) is 7.66. The first-order valence-corrected chi connectivity index (χ1v) is 9.99. The molecule has 2 aromatic rings. The zero-order valence-corrected chi connectivity index (χ0v) is 16.4. The minimum Gasteiger partial charge on any atom is -0.491 e. The lowest BCUT2D eigenvalue weighted by atomic mass is 9.99. The molecule has 28 heavy (non-hydrogen) atoms. The first-order valence-electron chi connectivity index (χ1n) is 9.99. The zero-order valence-electron chi connectivity index (χ0n) is 16.4. The number of benzene rings is 2. The van der Waals surface area contributed by atoms with Crippen molar-refractivity contribution in [1.82, 2.24) is 0 Å². The van der Waals surface area contributed by atoms with Crippen molar-refractivity contribution in [3.8, 4) is 5.75 Å². The number of fused-ring (bicyclic) bond motifs is 1. The fourth-order valence-corrected chi connectivity index (χ4v) is 4.08. The molecular formula is C23H26N2O3. The van der Waals surface area contributed by atoms with Crippen LogP contribution in [0.15, 0.2) is 48.5 Å². The van der Waals surface area contributed by atoms with E-state index in [0.29, 0.717) is 6.54 Å². The summed E-state index contributed by atoms with van der Waals surface area (Å²) in [4.78, 5) is 29.4. The quantitative estimate of drug-likeness (QED) is 0.813. The summed E-state index contributed by atoms with van der Waals surface area (Å²) in [6, 6.07) is 15.6. The summed E-state index contributed by atoms with van der Waals surface area (Å²) in [5.74, 6) is 0.539. The summed E-state index contributed by atoms with van der Waals surface area (Å²) in [6.07, 6.45) is 2.33. The maximum atomic E-state index is 13.2. The highest BCUT2D eigenvalue weighted by Gasteiger charge is 2.38. The highest BCUT2D eigenvalue weighted by Crippen LogP contribution is 2.32. The number of carbonyl (C=O) groups is 2. The topological polar surface area (TPSA) is 49.9 Å². The molecule has 0 saturated carbocycles. The summed E-state index contributed by atoms with van der Waals surface area (Å²) in [5, 5.41) is 0. The Hall–Kier alpha value is -2.82. The van der Waals surface area contributed by atoms with E-state index in [9.17, 15) is 9.59 Å². The summed E-state index contributed by atoms with van der Waals surface area (Å²) < 4.78 is 5.67. The van der Waals surface area contributed by atoms with E-state index in [1.165, 1.54) is 5.56 Å². The number of amides is 2. The van der Waals surface area contributed by atoms with E-state index in [-0.39, 0.29) is 30.3 Å². The average Bonchev–Trinajstić information content (AvgIpc) is 3.09. The Kier molecular flexibility index (Phi) is 5.07. The molecule has 4 rings (SSSR count). The van der Waals surface area contributed by atoms with Crippen LogP contribution in [0, 0.1) is 5.92 Å². The van der Waals surface area contributed by atoms with Gasteiger partial charge in [0.1, 0.15) is 5.75 Å². The third kappa shape index (κ3) is 3.61. The monoisotopic (exact) mass is 378 g/mol. The molecule has 2 heterocycles. The minimum absolute atomic E-state index is 0.00109. The SMILES string of the molecule is CC(C)Oc1ccc(N2CC(C(=O)N3CCCc4ccccc43)CC2=O)cc1. The van der Waals surface area contributed by atoms with Crippen molar-refractivity contribution in [1.29, 1.82) is 0 Å². The molecule has 0 radical (unpaired) electrons. The van der Waals surface area contributed by atoms with Crippen LogP contribution >= 0.6 is 0 Å². The number of aryl methyl sites for hydroxylation is 1. The Bertz CT molecular complexity index is 876. The van der Waals surface area contributed by atoms with Crippen LogP contribution < -0.4 is 14.5 Å². The van der Waals surface area contributed by atoms with E-state index in [0.717, 1.165) is 36.5 Å². The summed E-state index contributed by atoms with van der Waals surface area (Å²) >= 11 is 0. The van der Waals surface area contributed by atoms with Crippen LogP contribution in [0.1, 0.15) is 32.3 Å². The fraction of sp³-hybridized carbons (Fsp3) is 0.391. The molecule has 2 aliphatic heterocycles. The number of para-hydroxylation sites is 1. The van der Waals surface area contributed by atoms with Crippen molar-refractivity contribution in [2.75, 3.05) is 22.9 Å². The second-order valence-corrected chi connectivity index (χ2v) is 7.79. The lowest BCUT2D eigenvalue weighted by molar-refractivity contribution is -0.124. The number of hydrogen-bond acceptors (Lipinski definition) is 3. The highest BCUT2D eigenvalue weighted by molar-refractivity contribution is 6.04. The smallest absolute Gasteiger partial charge is 0.232 e. The number of rotatable bonds is 4. The molecule has 146 valence electrons. The van der Waals surface area contributed by atoms with Gasteiger partial charge in [-0.3, -0.25) is 9.59 Å². The molecular weight excluding hydrogens is 352 g/mol. The molecule has 1 unspecified atom stereocenters.